The van der Waals surface area contributed by atoms with E-state index in [0.29, 0.717) is 19.4 Å². The highest BCUT2D eigenvalue weighted by molar-refractivity contribution is 5.77. The zero-order valence-electron chi connectivity index (χ0n) is 15.2. The molecule has 138 valence electrons. The summed E-state index contributed by atoms with van der Waals surface area (Å²) in [5, 5.41) is 0. The van der Waals surface area contributed by atoms with Gasteiger partial charge in [-0.15, -0.1) is 0 Å². The molecule has 5 heteroatoms. The molecule has 1 aliphatic carbocycles. The lowest BCUT2D eigenvalue weighted by Crippen LogP contribution is -2.32. The molecule has 0 heterocycles. The number of methoxy groups -OCH3 is 2. The van der Waals surface area contributed by atoms with Gasteiger partial charge in [-0.3, -0.25) is 4.79 Å². The summed E-state index contributed by atoms with van der Waals surface area (Å²) in [6, 6.07) is 12.3. The number of carbonyl (C=O) groups is 1. The average Bonchev–Trinajstić information content (AvgIpc) is 3.49. The predicted octanol–water partition coefficient (Wildman–Crippen LogP) is 3.97. The molecule has 4 nitrogen and oxygen atoms in total. The van der Waals surface area contributed by atoms with Gasteiger partial charge in [0.05, 0.1) is 14.2 Å². The SMILES string of the molecule is COc1ccc(OC)c(CCC(=O)N(Cc2cccc(F)c2)C2CC2)c1. The summed E-state index contributed by atoms with van der Waals surface area (Å²) in [5.41, 5.74) is 1.77. The summed E-state index contributed by atoms with van der Waals surface area (Å²) in [6.07, 6.45) is 2.99. The second-order valence-corrected chi connectivity index (χ2v) is 6.56. The van der Waals surface area contributed by atoms with Crippen LogP contribution in [0, 0.1) is 5.82 Å². The molecule has 0 saturated heterocycles. The van der Waals surface area contributed by atoms with Crippen molar-refractivity contribution in [3.8, 4) is 11.5 Å². The molecule has 0 N–H and O–H groups in total. The van der Waals surface area contributed by atoms with Crippen molar-refractivity contribution in [3.63, 3.8) is 0 Å². The second kappa shape index (κ2) is 8.21. The van der Waals surface area contributed by atoms with Crippen molar-refractivity contribution in [2.24, 2.45) is 0 Å². The minimum Gasteiger partial charge on any atom is -0.497 e. The first-order valence-electron chi connectivity index (χ1n) is 8.85. The molecule has 0 bridgehead atoms. The largest absolute Gasteiger partial charge is 0.497 e. The molecule has 0 atom stereocenters. The Morgan fingerprint density at radius 3 is 2.62 bits per heavy atom. The van der Waals surface area contributed by atoms with Crippen LogP contribution in [-0.4, -0.2) is 31.1 Å². The van der Waals surface area contributed by atoms with Crippen molar-refractivity contribution in [1.82, 2.24) is 4.90 Å². The number of nitrogens with zero attached hydrogens (tertiary/aromatic N) is 1. The standard InChI is InChI=1S/C21H24FNO3/c1-25-19-9-10-20(26-2)16(13-19)6-11-21(24)23(18-7-8-18)14-15-4-3-5-17(22)12-15/h3-5,9-10,12-13,18H,6-8,11,14H2,1-2H3. The summed E-state index contributed by atoms with van der Waals surface area (Å²) in [6.45, 7) is 0.455. The molecule has 1 fully saturated rings. The van der Waals surface area contributed by atoms with Gasteiger partial charge in [0.15, 0.2) is 0 Å². The Morgan fingerprint density at radius 2 is 1.96 bits per heavy atom. The van der Waals surface area contributed by atoms with Gasteiger partial charge in [0.2, 0.25) is 5.91 Å². The highest BCUT2D eigenvalue weighted by Crippen LogP contribution is 2.30. The van der Waals surface area contributed by atoms with Gasteiger partial charge in [0.1, 0.15) is 17.3 Å². The number of carbonyl (C=O) groups excluding carboxylic acids is 1. The van der Waals surface area contributed by atoms with E-state index in [-0.39, 0.29) is 17.8 Å². The fourth-order valence-electron chi connectivity index (χ4n) is 3.10. The van der Waals surface area contributed by atoms with Gasteiger partial charge in [-0.05, 0) is 60.7 Å². The number of rotatable bonds is 8. The third-order valence-electron chi connectivity index (χ3n) is 4.65. The molecule has 0 aromatic heterocycles. The number of benzene rings is 2. The highest BCUT2D eigenvalue weighted by Gasteiger charge is 2.32. The maximum absolute atomic E-state index is 13.4. The molecular weight excluding hydrogens is 333 g/mol. The molecule has 1 aliphatic rings. The molecule has 2 aromatic rings. The smallest absolute Gasteiger partial charge is 0.223 e. The lowest BCUT2D eigenvalue weighted by Gasteiger charge is -2.23. The van der Waals surface area contributed by atoms with Gasteiger partial charge < -0.3 is 14.4 Å². The van der Waals surface area contributed by atoms with Gasteiger partial charge in [0, 0.05) is 19.0 Å². The van der Waals surface area contributed by atoms with Gasteiger partial charge in [-0.2, -0.15) is 0 Å². The normalized spacial score (nSPS) is 13.3. The topological polar surface area (TPSA) is 38.8 Å². The number of halogens is 1. The Balaban J connectivity index is 1.67. The Hall–Kier alpha value is -2.56. The summed E-state index contributed by atoms with van der Waals surface area (Å²) in [7, 11) is 3.23. The molecule has 0 spiro atoms. The molecule has 0 unspecified atom stereocenters. The van der Waals surface area contributed by atoms with Crippen LogP contribution < -0.4 is 9.47 Å². The summed E-state index contributed by atoms with van der Waals surface area (Å²) >= 11 is 0. The van der Waals surface area contributed by atoms with E-state index in [1.807, 2.05) is 29.2 Å². The zero-order chi connectivity index (χ0) is 18.5. The molecule has 2 aromatic carbocycles. The maximum atomic E-state index is 13.4. The predicted molar refractivity (Wildman–Crippen MR) is 97.8 cm³/mol. The van der Waals surface area contributed by atoms with Crippen LogP contribution >= 0.6 is 0 Å². The number of hydrogen-bond acceptors (Lipinski definition) is 3. The van der Waals surface area contributed by atoms with E-state index in [4.69, 9.17) is 9.47 Å². The fourth-order valence-corrected chi connectivity index (χ4v) is 3.10. The second-order valence-electron chi connectivity index (χ2n) is 6.56. The van der Waals surface area contributed by atoms with E-state index in [0.717, 1.165) is 35.5 Å². The summed E-state index contributed by atoms with van der Waals surface area (Å²) in [4.78, 5) is 14.7. The minimum atomic E-state index is -0.271. The van der Waals surface area contributed by atoms with Crippen molar-refractivity contribution in [2.45, 2.75) is 38.3 Å². The maximum Gasteiger partial charge on any atom is 0.223 e. The first-order valence-corrected chi connectivity index (χ1v) is 8.85. The fraction of sp³-hybridized carbons (Fsp3) is 0.381. The van der Waals surface area contributed by atoms with Gasteiger partial charge in [0.25, 0.3) is 0 Å². The van der Waals surface area contributed by atoms with Crippen molar-refractivity contribution in [2.75, 3.05) is 14.2 Å². The van der Waals surface area contributed by atoms with E-state index in [9.17, 15) is 9.18 Å². The van der Waals surface area contributed by atoms with Crippen molar-refractivity contribution in [1.29, 1.82) is 0 Å². The third kappa shape index (κ3) is 4.54. The van der Waals surface area contributed by atoms with E-state index < -0.39 is 0 Å². The Morgan fingerprint density at radius 1 is 1.15 bits per heavy atom. The van der Waals surface area contributed by atoms with Gasteiger partial charge in [-0.1, -0.05) is 12.1 Å². The van der Waals surface area contributed by atoms with E-state index >= 15 is 0 Å². The molecule has 1 amide bonds. The molecule has 3 rings (SSSR count). The highest BCUT2D eigenvalue weighted by atomic mass is 19.1. The zero-order valence-corrected chi connectivity index (χ0v) is 15.2. The van der Waals surface area contributed by atoms with Gasteiger partial charge >= 0.3 is 0 Å². The Kier molecular flexibility index (Phi) is 5.76. The lowest BCUT2D eigenvalue weighted by molar-refractivity contribution is -0.132. The molecule has 1 saturated carbocycles. The average molecular weight is 357 g/mol. The first kappa shape index (κ1) is 18.2. The molecular formula is C21H24FNO3. The first-order chi connectivity index (χ1) is 12.6. The summed E-state index contributed by atoms with van der Waals surface area (Å²) < 4.78 is 24.1. The monoisotopic (exact) mass is 357 g/mol. The van der Waals surface area contributed by atoms with Crippen LogP contribution in [0.5, 0.6) is 11.5 Å². The van der Waals surface area contributed by atoms with Crippen molar-refractivity contribution >= 4 is 5.91 Å². The molecule has 0 aliphatic heterocycles. The Bertz CT molecular complexity index is 774. The number of amides is 1. The number of hydrogen-bond donors (Lipinski definition) is 0. The van der Waals surface area contributed by atoms with Gasteiger partial charge in [-0.25, -0.2) is 4.39 Å². The third-order valence-corrected chi connectivity index (χ3v) is 4.65. The van der Waals surface area contributed by atoms with Crippen LogP contribution in [0.3, 0.4) is 0 Å². The van der Waals surface area contributed by atoms with E-state index in [2.05, 4.69) is 0 Å². The quantitative estimate of drug-likeness (QED) is 0.718. The minimum absolute atomic E-state index is 0.0848. The van der Waals surface area contributed by atoms with Crippen LogP contribution in [-0.2, 0) is 17.8 Å². The Labute approximate surface area is 153 Å². The van der Waals surface area contributed by atoms with Crippen LogP contribution in [0.4, 0.5) is 4.39 Å². The molecule has 0 radical (unpaired) electrons. The number of aryl methyl sites for hydroxylation is 1. The van der Waals surface area contributed by atoms with Crippen LogP contribution in [0.15, 0.2) is 42.5 Å². The molecule has 26 heavy (non-hydrogen) atoms. The van der Waals surface area contributed by atoms with Crippen LogP contribution in [0.25, 0.3) is 0 Å². The van der Waals surface area contributed by atoms with Crippen LogP contribution in [0.2, 0.25) is 0 Å². The van der Waals surface area contributed by atoms with E-state index in [1.54, 1.807) is 20.3 Å². The van der Waals surface area contributed by atoms with Crippen molar-refractivity contribution < 1.29 is 18.7 Å². The van der Waals surface area contributed by atoms with Crippen LogP contribution in [0.1, 0.15) is 30.4 Å². The summed E-state index contributed by atoms with van der Waals surface area (Å²) in [5.74, 6) is 1.31. The lowest BCUT2D eigenvalue weighted by atomic mass is 10.1. The van der Waals surface area contributed by atoms with Crippen molar-refractivity contribution in [3.05, 3.63) is 59.4 Å². The number of ether oxygens (including phenoxy) is 2. The van der Waals surface area contributed by atoms with E-state index in [1.165, 1.54) is 12.1 Å².